The van der Waals surface area contributed by atoms with Gasteiger partial charge in [-0.25, -0.2) is 4.39 Å². The van der Waals surface area contributed by atoms with Crippen molar-refractivity contribution in [2.45, 2.75) is 57.6 Å². The topological polar surface area (TPSA) is 29.5 Å². The summed E-state index contributed by atoms with van der Waals surface area (Å²) < 4.78 is 19.3. The van der Waals surface area contributed by atoms with Gasteiger partial charge in [-0.1, -0.05) is 35.9 Å². The maximum absolute atomic E-state index is 13.5. The smallest absolute Gasteiger partial charge is 0.219 e. The van der Waals surface area contributed by atoms with Crippen molar-refractivity contribution in [1.29, 1.82) is 0 Å². The second-order valence-corrected chi connectivity index (χ2v) is 8.85. The van der Waals surface area contributed by atoms with Crippen LogP contribution in [0.4, 0.5) is 4.39 Å². The Morgan fingerprint density at radius 3 is 2.31 bits per heavy atom. The Bertz CT molecular complexity index is 774. The van der Waals surface area contributed by atoms with Crippen LogP contribution in [-0.2, 0) is 9.53 Å². The lowest BCUT2D eigenvalue weighted by Crippen LogP contribution is -2.48. The Balaban J connectivity index is 1.81. The van der Waals surface area contributed by atoms with Crippen LogP contribution >= 0.6 is 11.6 Å². The molecular formula is C24H29ClFNO2. The molecule has 0 aromatic heterocycles. The van der Waals surface area contributed by atoms with Gasteiger partial charge in [0.05, 0.1) is 5.60 Å². The summed E-state index contributed by atoms with van der Waals surface area (Å²) in [6.07, 6.45) is 2.44. The summed E-state index contributed by atoms with van der Waals surface area (Å²) in [4.78, 5) is 14.4. The van der Waals surface area contributed by atoms with E-state index in [2.05, 4.69) is 13.8 Å². The molecule has 0 aliphatic carbocycles. The lowest BCUT2D eigenvalue weighted by Gasteiger charge is -2.41. The zero-order valence-electron chi connectivity index (χ0n) is 17.3. The van der Waals surface area contributed by atoms with E-state index >= 15 is 0 Å². The minimum Gasteiger partial charge on any atom is -0.375 e. The molecule has 156 valence electrons. The molecule has 29 heavy (non-hydrogen) atoms. The van der Waals surface area contributed by atoms with Crippen molar-refractivity contribution in [3.63, 3.8) is 0 Å². The molecule has 1 saturated heterocycles. The normalized spacial score (nSPS) is 19.6. The van der Waals surface area contributed by atoms with Crippen molar-refractivity contribution >= 4 is 17.5 Å². The Morgan fingerprint density at radius 2 is 1.76 bits per heavy atom. The lowest BCUT2D eigenvalue weighted by atomic mass is 9.87. The van der Waals surface area contributed by atoms with Crippen LogP contribution < -0.4 is 0 Å². The van der Waals surface area contributed by atoms with Crippen LogP contribution in [0.5, 0.6) is 0 Å². The Hall–Kier alpha value is -1.91. The van der Waals surface area contributed by atoms with E-state index in [-0.39, 0.29) is 29.3 Å². The number of hydrogen-bond acceptors (Lipinski definition) is 2. The molecule has 1 aliphatic rings. The van der Waals surface area contributed by atoms with Gasteiger partial charge in [0.1, 0.15) is 5.82 Å². The highest BCUT2D eigenvalue weighted by Gasteiger charge is 2.33. The van der Waals surface area contributed by atoms with Crippen LogP contribution in [0.15, 0.2) is 48.5 Å². The van der Waals surface area contributed by atoms with Gasteiger partial charge in [-0.05, 0) is 68.5 Å². The third-order valence-electron chi connectivity index (χ3n) is 5.72. The molecule has 3 rings (SSSR count). The molecule has 1 aliphatic heterocycles. The van der Waals surface area contributed by atoms with E-state index in [0.717, 1.165) is 30.4 Å². The Labute approximate surface area is 177 Å². The number of amides is 1. The number of nitrogens with zero attached hydrogens (tertiary/aromatic N) is 1. The van der Waals surface area contributed by atoms with Crippen LogP contribution in [0, 0.1) is 5.82 Å². The largest absolute Gasteiger partial charge is 0.375 e. The molecule has 2 aromatic carbocycles. The summed E-state index contributed by atoms with van der Waals surface area (Å²) in [7, 11) is 0. The van der Waals surface area contributed by atoms with Gasteiger partial charge in [-0.2, -0.15) is 0 Å². The molecule has 0 saturated carbocycles. The monoisotopic (exact) mass is 417 g/mol. The fraction of sp³-hybridized carbons (Fsp3) is 0.458. The lowest BCUT2D eigenvalue weighted by molar-refractivity contribution is -0.138. The van der Waals surface area contributed by atoms with E-state index in [1.165, 1.54) is 12.1 Å². The minimum absolute atomic E-state index is 0.0579. The summed E-state index contributed by atoms with van der Waals surface area (Å²) in [6, 6.07) is 14.6. The molecular weight excluding hydrogens is 389 g/mol. The highest BCUT2D eigenvalue weighted by Crippen LogP contribution is 2.32. The van der Waals surface area contributed by atoms with Crippen molar-refractivity contribution < 1.29 is 13.9 Å². The standard InChI is InChI=1S/C24H29ClFNO2/c1-17(28)27(22-13-15-29-24(2,3)16-22)14-12-23(18-4-8-20(25)9-5-18)19-6-10-21(26)11-7-19/h4-11,22-23H,12-16H2,1-3H3/t22-,23+/m0/s1. The fourth-order valence-electron chi connectivity index (χ4n) is 4.25. The highest BCUT2D eigenvalue weighted by molar-refractivity contribution is 6.30. The van der Waals surface area contributed by atoms with Crippen LogP contribution in [-0.4, -0.2) is 35.6 Å². The summed E-state index contributed by atoms with van der Waals surface area (Å²) in [5.41, 5.74) is 1.92. The first-order chi connectivity index (χ1) is 13.7. The second kappa shape index (κ2) is 9.27. The maximum Gasteiger partial charge on any atom is 0.219 e. The molecule has 0 unspecified atom stereocenters. The van der Waals surface area contributed by atoms with Crippen LogP contribution in [0.1, 0.15) is 57.1 Å². The van der Waals surface area contributed by atoms with Crippen molar-refractivity contribution in [3.8, 4) is 0 Å². The number of halogens is 2. The predicted octanol–water partition coefficient (Wildman–Crippen LogP) is 5.81. The molecule has 1 heterocycles. The van der Waals surface area contributed by atoms with Crippen molar-refractivity contribution in [2.24, 2.45) is 0 Å². The molecule has 1 amide bonds. The molecule has 5 heteroatoms. The summed E-state index contributed by atoms with van der Waals surface area (Å²) in [5.74, 6) is -0.109. The van der Waals surface area contributed by atoms with Gasteiger partial charge in [0.2, 0.25) is 5.91 Å². The number of carbonyl (C=O) groups is 1. The quantitative estimate of drug-likeness (QED) is 0.593. The summed E-state index contributed by atoms with van der Waals surface area (Å²) in [5, 5.41) is 0.682. The zero-order valence-corrected chi connectivity index (χ0v) is 18.1. The molecule has 0 N–H and O–H groups in total. The van der Waals surface area contributed by atoms with E-state index in [1.54, 1.807) is 6.92 Å². The third-order valence-corrected chi connectivity index (χ3v) is 5.97. The van der Waals surface area contributed by atoms with Crippen molar-refractivity contribution in [1.82, 2.24) is 4.90 Å². The summed E-state index contributed by atoms with van der Waals surface area (Å²) >= 11 is 6.07. The van der Waals surface area contributed by atoms with E-state index in [0.29, 0.717) is 18.2 Å². The van der Waals surface area contributed by atoms with E-state index in [9.17, 15) is 9.18 Å². The first-order valence-corrected chi connectivity index (χ1v) is 10.5. The Morgan fingerprint density at radius 1 is 1.17 bits per heavy atom. The number of carbonyl (C=O) groups excluding carboxylic acids is 1. The fourth-order valence-corrected chi connectivity index (χ4v) is 4.37. The first kappa shape index (κ1) is 21.8. The van der Waals surface area contributed by atoms with E-state index < -0.39 is 0 Å². The predicted molar refractivity (Wildman–Crippen MR) is 115 cm³/mol. The molecule has 2 atom stereocenters. The zero-order chi connectivity index (χ0) is 21.0. The van der Waals surface area contributed by atoms with Crippen LogP contribution in [0.25, 0.3) is 0 Å². The van der Waals surface area contributed by atoms with Gasteiger partial charge in [0.25, 0.3) is 0 Å². The molecule has 0 bridgehead atoms. The molecule has 2 aromatic rings. The average Bonchev–Trinajstić information content (AvgIpc) is 2.66. The van der Waals surface area contributed by atoms with Crippen LogP contribution in [0.3, 0.4) is 0 Å². The van der Waals surface area contributed by atoms with Gasteiger partial charge in [0.15, 0.2) is 0 Å². The van der Waals surface area contributed by atoms with Gasteiger partial charge < -0.3 is 9.64 Å². The average molecular weight is 418 g/mol. The van der Waals surface area contributed by atoms with Gasteiger partial charge in [0, 0.05) is 37.1 Å². The highest BCUT2D eigenvalue weighted by atomic mass is 35.5. The molecule has 0 spiro atoms. The molecule has 3 nitrogen and oxygen atoms in total. The van der Waals surface area contributed by atoms with E-state index in [1.807, 2.05) is 41.3 Å². The number of benzene rings is 2. The van der Waals surface area contributed by atoms with E-state index in [4.69, 9.17) is 16.3 Å². The van der Waals surface area contributed by atoms with Gasteiger partial charge in [-0.3, -0.25) is 4.79 Å². The minimum atomic E-state index is -0.251. The first-order valence-electron chi connectivity index (χ1n) is 10.2. The Kier molecular flexibility index (Phi) is 6.97. The van der Waals surface area contributed by atoms with Gasteiger partial charge in [-0.15, -0.1) is 0 Å². The number of ether oxygens (including phenoxy) is 1. The van der Waals surface area contributed by atoms with Crippen LogP contribution in [0.2, 0.25) is 5.02 Å². The SMILES string of the molecule is CC(=O)N(CC[C@@H](c1ccc(F)cc1)c1ccc(Cl)cc1)[C@H]1CCOC(C)(C)C1. The van der Waals surface area contributed by atoms with Crippen molar-refractivity contribution in [3.05, 3.63) is 70.5 Å². The molecule has 1 fully saturated rings. The molecule has 0 radical (unpaired) electrons. The second-order valence-electron chi connectivity index (χ2n) is 8.41. The number of rotatable bonds is 6. The summed E-state index contributed by atoms with van der Waals surface area (Å²) in [6.45, 7) is 7.09. The van der Waals surface area contributed by atoms with Gasteiger partial charge >= 0.3 is 0 Å². The van der Waals surface area contributed by atoms with Crippen molar-refractivity contribution in [2.75, 3.05) is 13.2 Å². The number of hydrogen-bond donors (Lipinski definition) is 0. The maximum atomic E-state index is 13.5. The third kappa shape index (κ3) is 5.80.